The molecule has 0 fully saturated rings. The largest absolute Gasteiger partial charge is 0.344 e. The number of nitrogens with two attached hydrogens (primary N) is 1. The summed E-state index contributed by atoms with van der Waals surface area (Å²) in [6.45, 7) is 19.1. The Morgan fingerprint density at radius 2 is 1.47 bits per heavy atom. The number of non-ortho nitro benzene ring substituents is 2. The highest BCUT2D eigenvalue weighted by atomic mass is 16.6. The first-order chi connectivity index (χ1) is 21.1. The van der Waals surface area contributed by atoms with Gasteiger partial charge in [0.2, 0.25) is 0 Å². The third kappa shape index (κ3) is 9.24. The highest BCUT2D eigenvalue weighted by Crippen LogP contribution is 2.49. The molecular weight excluding hydrogens is 564 g/mol. The van der Waals surface area contributed by atoms with Crippen molar-refractivity contribution in [2.24, 2.45) is 11.8 Å². The Morgan fingerprint density at radius 3 is 2.11 bits per heavy atom. The van der Waals surface area contributed by atoms with Gasteiger partial charge in [-0.3, -0.25) is 20.2 Å². The number of allylic oxidation sites excluding steroid dienone is 8. The lowest BCUT2D eigenvalue weighted by Crippen LogP contribution is -2.78. The predicted octanol–water partition coefficient (Wildman–Crippen LogP) is 8.81. The van der Waals surface area contributed by atoms with Gasteiger partial charge in [-0.2, -0.15) is 0 Å². The molecular formula is C37H51N4O4+. The minimum Gasteiger partial charge on any atom is -0.344 e. The van der Waals surface area contributed by atoms with Crippen molar-refractivity contribution in [1.82, 2.24) is 0 Å². The molecule has 1 aliphatic heterocycles. The average molecular weight is 616 g/mol. The van der Waals surface area contributed by atoms with Crippen molar-refractivity contribution in [2.75, 3.05) is 18.0 Å². The molecule has 1 aliphatic rings. The molecule has 0 unspecified atom stereocenters. The fourth-order valence-electron chi connectivity index (χ4n) is 5.79. The van der Waals surface area contributed by atoms with Crippen molar-refractivity contribution in [3.05, 3.63) is 116 Å². The Balaban J connectivity index is 1.73. The first kappa shape index (κ1) is 35.4. The normalized spacial score (nSPS) is 15.9. The van der Waals surface area contributed by atoms with Crippen molar-refractivity contribution in [3.63, 3.8) is 0 Å². The molecule has 242 valence electrons. The SMILES string of the molecule is CC(C)CC[NH2+]c1ccc([N+](=O)[O-])cc1C(C)(C)C/C=C/C=C/C=C/C=C1/N(CCC(C)C)c2ccc([N+](=O)[O-])cc2C1(C)C. The molecule has 2 N–H and O–H groups in total. The lowest BCUT2D eigenvalue weighted by atomic mass is 9.80. The van der Waals surface area contributed by atoms with Gasteiger partial charge < -0.3 is 10.2 Å². The van der Waals surface area contributed by atoms with Crippen LogP contribution in [0.3, 0.4) is 0 Å². The molecule has 0 radical (unpaired) electrons. The van der Waals surface area contributed by atoms with Gasteiger partial charge in [0.05, 0.1) is 16.4 Å². The molecule has 8 heteroatoms. The van der Waals surface area contributed by atoms with Gasteiger partial charge in [0, 0.05) is 59.2 Å². The maximum absolute atomic E-state index is 11.5. The van der Waals surface area contributed by atoms with Crippen LogP contribution in [-0.4, -0.2) is 22.9 Å². The first-order valence-electron chi connectivity index (χ1n) is 16.0. The highest BCUT2D eigenvalue weighted by Gasteiger charge is 2.40. The smallest absolute Gasteiger partial charge is 0.270 e. The van der Waals surface area contributed by atoms with Gasteiger partial charge in [-0.1, -0.05) is 91.8 Å². The van der Waals surface area contributed by atoms with E-state index in [1.165, 1.54) is 0 Å². The monoisotopic (exact) mass is 615 g/mol. The second-order valence-corrected chi connectivity index (χ2v) is 14.0. The highest BCUT2D eigenvalue weighted by molar-refractivity contribution is 5.72. The van der Waals surface area contributed by atoms with Crippen LogP contribution in [0.2, 0.25) is 0 Å². The van der Waals surface area contributed by atoms with Crippen molar-refractivity contribution < 1.29 is 15.2 Å². The molecule has 0 bridgehead atoms. The van der Waals surface area contributed by atoms with E-state index >= 15 is 0 Å². The van der Waals surface area contributed by atoms with Gasteiger partial charge in [0.25, 0.3) is 11.4 Å². The molecule has 3 rings (SSSR count). The lowest BCUT2D eigenvalue weighted by Gasteiger charge is -2.27. The molecule has 0 amide bonds. The molecule has 0 saturated heterocycles. The van der Waals surface area contributed by atoms with E-state index in [0.29, 0.717) is 11.8 Å². The van der Waals surface area contributed by atoms with Gasteiger partial charge in [-0.05, 0) is 54.2 Å². The van der Waals surface area contributed by atoms with Crippen LogP contribution < -0.4 is 10.2 Å². The van der Waals surface area contributed by atoms with Crippen molar-refractivity contribution in [1.29, 1.82) is 0 Å². The summed E-state index contributed by atoms with van der Waals surface area (Å²) in [5, 5.41) is 25.2. The van der Waals surface area contributed by atoms with Crippen LogP contribution in [0.1, 0.15) is 85.8 Å². The van der Waals surface area contributed by atoms with Gasteiger partial charge in [0.1, 0.15) is 5.69 Å². The van der Waals surface area contributed by atoms with Crippen LogP contribution in [0, 0.1) is 32.1 Å². The number of nitrogens with zero attached hydrogens (tertiary/aromatic N) is 3. The van der Waals surface area contributed by atoms with Crippen LogP contribution in [0.15, 0.2) is 84.6 Å². The number of benzene rings is 2. The van der Waals surface area contributed by atoms with Gasteiger partial charge in [0.15, 0.2) is 0 Å². The van der Waals surface area contributed by atoms with E-state index in [9.17, 15) is 20.2 Å². The quantitative estimate of drug-likeness (QED) is 0.0933. The molecule has 0 spiro atoms. The maximum atomic E-state index is 11.5. The third-order valence-electron chi connectivity index (χ3n) is 8.56. The Bertz CT molecular complexity index is 1480. The van der Waals surface area contributed by atoms with Gasteiger partial charge >= 0.3 is 0 Å². The standard InChI is InChI=1S/C37H50N4O4/c1-27(2)20-23-38-33-18-16-29(40(42)43)25-31(33)36(5,6)22-14-12-10-9-11-13-15-35-37(7,8)32-26-30(41(44)45)17-19-34(32)39(35)24-21-28(3)4/h9-19,25-28,38H,20-24H2,1-8H3/p+1/b10-9+,13-11+,14-12+,35-15+. The topological polar surface area (TPSA) is 106 Å². The molecule has 0 aromatic heterocycles. The van der Waals surface area contributed by atoms with E-state index in [4.69, 9.17) is 0 Å². The Labute approximate surface area is 268 Å². The zero-order valence-corrected chi connectivity index (χ0v) is 28.2. The maximum Gasteiger partial charge on any atom is 0.270 e. The minimum absolute atomic E-state index is 0.117. The van der Waals surface area contributed by atoms with Crippen molar-refractivity contribution in [3.8, 4) is 0 Å². The second-order valence-electron chi connectivity index (χ2n) is 14.0. The number of nitro groups is 2. The summed E-state index contributed by atoms with van der Waals surface area (Å²) < 4.78 is 0. The van der Waals surface area contributed by atoms with Crippen LogP contribution in [0.25, 0.3) is 0 Å². The summed E-state index contributed by atoms with van der Waals surface area (Å²) >= 11 is 0. The summed E-state index contributed by atoms with van der Waals surface area (Å²) in [7, 11) is 0. The van der Waals surface area contributed by atoms with E-state index in [-0.39, 0.29) is 32.1 Å². The molecule has 0 atom stereocenters. The van der Waals surface area contributed by atoms with Crippen LogP contribution in [-0.2, 0) is 10.8 Å². The fourth-order valence-corrected chi connectivity index (χ4v) is 5.79. The van der Waals surface area contributed by atoms with E-state index in [0.717, 1.165) is 60.6 Å². The number of quaternary nitrogens is 1. The third-order valence-corrected chi connectivity index (χ3v) is 8.56. The Morgan fingerprint density at radius 1 is 0.867 bits per heavy atom. The summed E-state index contributed by atoms with van der Waals surface area (Å²) in [4.78, 5) is 24.6. The van der Waals surface area contributed by atoms with Crippen LogP contribution in [0.4, 0.5) is 22.7 Å². The van der Waals surface area contributed by atoms with Gasteiger partial charge in [-0.15, -0.1) is 0 Å². The summed E-state index contributed by atoms with van der Waals surface area (Å²) in [5.74, 6) is 1.14. The van der Waals surface area contributed by atoms with Crippen molar-refractivity contribution in [2.45, 2.75) is 85.5 Å². The van der Waals surface area contributed by atoms with Crippen LogP contribution >= 0.6 is 0 Å². The minimum atomic E-state index is -0.366. The molecule has 2 aromatic carbocycles. The van der Waals surface area contributed by atoms with Crippen molar-refractivity contribution >= 4 is 22.7 Å². The molecule has 0 saturated carbocycles. The number of hydrogen-bond acceptors (Lipinski definition) is 5. The molecule has 45 heavy (non-hydrogen) atoms. The Kier molecular flexibility index (Phi) is 12.1. The molecule has 0 aliphatic carbocycles. The fraction of sp³-hybridized carbons (Fsp3) is 0.459. The average Bonchev–Trinajstić information content (AvgIpc) is 3.17. The second kappa shape index (κ2) is 15.3. The number of fused-ring (bicyclic) bond motifs is 1. The number of anilines is 1. The van der Waals surface area contributed by atoms with Gasteiger partial charge in [-0.25, -0.2) is 0 Å². The van der Waals surface area contributed by atoms with E-state index < -0.39 is 0 Å². The summed E-state index contributed by atoms with van der Waals surface area (Å²) in [5.41, 5.74) is 4.80. The van der Waals surface area contributed by atoms with E-state index in [1.54, 1.807) is 24.3 Å². The van der Waals surface area contributed by atoms with Crippen LogP contribution in [0.5, 0.6) is 0 Å². The summed E-state index contributed by atoms with van der Waals surface area (Å²) in [6.07, 6.45) is 17.1. The first-order valence-corrected chi connectivity index (χ1v) is 16.0. The number of nitro benzene ring substituents is 2. The zero-order chi connectivity index (χ0) is 33.4. The number of rotatable bonds is 15. The zero-order valence-electron chi connectivity index (χ0n) is 28.2. The summed E-state index contributed by atoms with van der Waals surface area (Å²) in [6, 6.07) is 10.4. The molecule has 1 heterocycles. The number of hydrogen-bond donors (Lipinski definition) is 1. The Hall–Kier alpha value is -4.04. The molecule has 2 aromatic rings. The lowest BCUT2D eigenvalue weighted by molar-refractivity contribution is -0.573. The van der Waals surface area contributed by atoms with E-state index in [2.05, 4.69) is 77.8 Å². The van der Waals surface area contributed by atoms with E-state index in [1.807, 2.05) is 42.5 Å². The molecule has 8 nitrogen and oxygen atoms in total. The predicted molar refractivity (Wildman–Crippen MR) is 185 cm³/mol.